The monoisotopic (exact) mass is 418 g/mol. The largest absolute Gasteiger partial charge is 0.342 e. The van der Waals surface area contributed by atoms with E-state index in [1.165, 1.54) is 5.56 Å². The summed E-state index contributed by atoms with van der Waals surface area (Å²) in [6.07, 6.45) is 6.26. The summed E-state index contributed by atoms with van der Waals surface area (Å²) in [6.45, 7) is 4.16. The highest BCUT2D eigenvalue weighted by Crippen LogP contribution is 2.37. The SMILES string of the molecule is CC(c1ccc(-c2cnc3ccccc3c2Cl)cc1)C1CCN(C(=O)C2CC2)CC1. The van der Waals surface area contributed by atoms with E-state index in [0.717, 1.165) is 65.8 Å². The van der Waals surface area contributed by atoms with Crippen LogP contribution in [0.25, 0.3) is 22.0 Å². The number of likely N-dealkylation sites (tertiary alicyclic amines) is 1. The first-order valence-electron chi connectivity index (χ1n) is 11.0. The maximum Gasteiger partial charge on any atom is 0.225 e. The normalized spacial score (nSPS) is 18.5. The lowest BCUT2D eigenvalue weighted by Gasteiger charge is -2.35. The number of aromatic nitrogens is 1. The van der Waals surface area contributed by atoms with Crippen molar-refractivity contribution in [1.29, 1.82) is 0 Å². The quantitative estimate of drug-likeness (QED) is 0.497. The van der Waals surface area contributed by atoms with Crippen LogP contribution in [0.3, 0.4) is 0 Å². The molecule has 2 fully saturated rings. The molecule has 1 atom stereocenters. The maximum atomic E-state index is 12.3. The van der Waals surface area contributed by atoms with Crippen LogP contribution >= 0.6 is 11.6 Å². The number of hydrogen-bond acceptors (Lipinski definition) is 2. The molecule has 1 aliphatic heterocycles. The summed E-state index contributed by atoms with van der Waals surface area (Å²) < 4.78 is 0. The zero-order valence-corrected chi connectivity index (χ0v) is 18.1. The molecule has 0 radical (unpaired) electrons. The van der Waals surface area contributed by atoms with E-state index >= 15 is 0 Å². The van der Waals surface area contributed by atoms with Crippen molar-refractivity contribution in [2.45, 2.75) is 38.5 Å². The smallest absolute Gasteiger partial charge is 0.225 e. The number of fused-ring (bicyclic) bond motifs is 1. The van der Waals surface area contributed by atoms with Crippen LogP contribution in [0, 0.1) is 11.8 Å². The van der Waals surface area contributed by atoms with Gasteiger partial charge in [-0.3, -0.25) is 9.78 Å². The van der Waals surface area contributed by atoms with Crippen molar-refractivity contribution in [2.24, 2.45) is 11.8 Å². The van der Waals surface area contributed by atoms with Crippen LogP contribution < -0.4 is 0 Å². The fourth-order valence-corrected chi connectivity index (χ4v) is 5.07. The maximum absolute atomic E-state index is 12.3. The summed E-state index contributed by atoms with van der Waals surface area (Å²) in [5, 5.41) is 1.75. The molecular weight excluding hydrogens is 392 g/mol. The van der Waals surface area contributed by atoms with Gasteiger partial charge in [0.25, 0.3) is 0 Å². The van der Waals surface area contributed by atoms with Crippen molar-refractivity contribution in [1.82, 2.24) is 9.88 Å². The van der Waals surface area contributed by atoms with E-state index in [4.69, 9.17) is 11.6 Å². The van der Waals surface area contributed by atoms with Crippen molar-refractivity contribution in [3.63, 3.8) is 0 Å². The molecule has 1 unspecified atom stereocenters. The number of pyridine rings is 1. The molecule has 1 saturated heterocycles. The molecule has 3 aromatic rings. The summed E-state index contributed by atoms with van der Waals surface area (Å²) in [5.41, 5.74) is 4.35. The Labute approximate surface area is 183 Å². The van der Waals surface area contributed by atoms with Gasteiger partial charge < -0.3 is 4.90 Å². The van der Waals surface area contributed by atoms with Crippen LogP contribution in [0.5, 0.6) is 0 Å². The number of amides is 1. The number of carbonyl (C=O) groups excluding carboxylic acids is 1. The Morgan fingerprint density at radius 1 is 1.03 bits per heavy atom. The minimum atomic E-state index is 0.336. The lowest BCUT2D eigenvalue weighted by Crippen LogP contribution is -2.40. The molecule has 2 heterocycles. The van der Waals surface area contributed by atoms with Gasteiger partial charge in [-0.15, -0.1) is 0 Å². The first-order chi connectivity index (χ1) is 14.6. The summed E-state index contributed by atoms with van der Waals surface area (Å²) in [5.74, 6) is 1.85. The molecular formula is C26H27ClN2O. The number of nitrogens with zero attached hydrogens (tertiary/aromatic N) is 2. The first kappa shape index (κ1) is 19.6. The molecule has 1 aromatic heterocycles. The van der Waals surface area contributed by atoms with Gasteiger partial charge in [-0.2, -0.15) is 0 Å². The number of rotatable bonds is 4. The van der Waals surface area contributed by atoms with Gasteiger partial charge in [0.05, 0.1) is 10.5 Å². The predicted octanol–water partition coefficient (Wildman–Crippen LogP) is 6.31. The molecule has 1 amide bonds. The summed E-state index contributed by atoms with van der Waals surface area (Å²) in [6, 6.07) is 16.8. The van der Waals surface area contributed by atoms with E-state index in [1.807, 2.05) is 30.5 Å². The van der Waals surface area contributed by atoms with E-state index in [9.17, 15) is 4.79 Å². The van der Waals surface area contributed by atoms with E-state index in [2.05, 4.69) is 41.1 Å². The highest BCUT2D eigenvalue weighted by molar-refractivity contribution is 6.38. The highest BCUT2D eigenvalue weighted by Gasteiger charge is 2.35. The van der Waals surface area contributed by atoms with Crippen molar-refractivity contribution in [3.8, 4) is 11.1 Å². The van der Waals surface area contributed by atoms with Gasteiger partial charge in [-0.1, -0.05) is 61.0 Å². The zero-order valence-electron chi connectivity index (χ0n) is 17.4. The third kappa shape index (κ3) is 3.72. The van der Waals surface area contributed by atoms with Crippen LogP contribution in [0.1, 0.15) is 44.1 Å². The van der Waals surface area contributed by atoms with Gasteiger partial charge in [-0.25, -0.2) is 0 Å². The molecule has 0 spiro atoms. The minimum absolute atomic E-state index is 0.336. The number of benzene rings is 2. The van der Waals surface area contributed by atoms with Crippen LogP contribution in [0.2, 0.25) is 5.02 Å². The van der Waals surface area contributed by atoms with E-state index in [1.54, 1.807) is 0 Å². The minimum Gasteiger partial charge on any atom is -0.342 e. The van der Waals surface area contributed by atoms with Gasteiger partial charge in [-0.05, 0) is 54.7 Å². The lowest BCUT2D eigenvalue weighted by atomic mass is 9.81. The third-order valence-corrected chi connectivity index (χ3v) is 7.35. The topological polar surface area (TPSA) is 33.2 Å². The number of halogens is 1. The Hall–Kier alpha value is -2.39. The van der Waals surface area contributed by atoms with Gasteiger partial charge in [0.1, 0.15) is 0 Å². The van der Waals surface area contributed by atoms with Crippen LogP contribution in [-0.2, 0) is 4.79 Å². The standard InChI is InChI=1S/C26H27ClN2O/c1-17(19-12-14-29(15-13-19)26(30)21-10-11-21)18-6-8-20(9-7-18)23-16-28-24-5-3-2-4-22(24)25(23)27/h2-9,16-17,19,21H,10-15H2,1H3. The molecule has 154 valence electrons. The average molecular weight is 419 g/mol. The second-order valence-corrected chi connectivity index (χ2v) is 9.23. The lowest BCUT2D eigenvalue weighted by molar-refractivity contribution is -0.134. The first-order valence-corrected chi connectivity index (χ1v) is 11.4. The average Bonchev–Trinajstić information content (AvgIpc) is 3.64. The molecule has 4 heteroatoms. The molecule has 3 nitrogen and oxygen atoms in total. The molecule has 30 heavy (non-hydrogen) atoms. The van der Waals surface area contributed by atoms with Crippen molar-refractivity contribution in [3.05, 3.63) is 65.3 Å². The van der Waals surface area contributed by atoms with Crippen molar-refractivity contribution < 1.29 is 4.79 Å². The van der Waals surface area contributed by atoms with Gasteiger partial charge in [0.2, 0.25) is 5.91 Å². The molecule has 2 aliphatic rings. The number of hydrogen-bond donors (Lipinski definition) is 0. The third-order valence-electron chi connectivity index (χ3n) is 6.94. The summed E-state index contributed by atoms with van der Waals surface area (Å²) >= 11 is 6.69. The summed E-state index contributed by atoms with van der Waals surface area (Å²) in [4.78, 5) is 19.0. The fourth-order valence-electron chi connectivity index (χ4n) is 4.76. The Morgan fingerprint density at radius 3 is 2.43 bits per heavy atom. The second-order valence-electron chi connectivity index (χ2n) is 8.85. The molecule has 0 N–H and O–H groups in total. The van der Waals surface area contributed by atoms with E-state index in [-0.39, 0.29) is 0 Å². The molecule has 1 saturated carbocycles. The fraction of sp³-hybridized carbons (Fsp3) is 0.385. The van der Waals surface area contributed by atoms with Gasteiger partial charge in [0.15, 0.2) is 0 Å². The van der Waals surface area contributed by atoms with Crippen molar-refractivity contribution >= 4 is 28.4 Å². The summed E-state index contributed by atoms with van der Waals surface area (Å²) in [7, 11) is 0. The van der Waals surface area contributed by atoms with Gasteiger partial charge >= 0.3 is 0 Å². The van der Waals surface area contributed by atoms with E-state index in [0.29, 0.717) is 23.7 Å². The number of carbonyl (C=O) groups is 1. The van der Waals surface area contributed by atoms with Gasteiger partial charge in [0, 0.05) is 36.2 Å². The second kappa shape index (κ2) is 8.03. The number of para-hydroxylation sites is 1. The molecule has 2 aromatic carbocycles. The van der Waals surface area contributed by atoms with Crippen LogP contribution in [0.4, 0.5) is 0 Å². The molecule has 1 aliphatic carbocycles. The highest BCUT2D eigenvalue weighted by atomic mass is 35.5. The predicted molar refractivity (Wildman–Crippen MR) is 123 cm³/mol. The van der Waals surface area contributed by atoms with E-state index < -0.39 is 0 Å². The Morgan fingerprint density at radius 2 is 1.73 bits per heavy atom. The molecule has 0 bridgehead atoms. The Balaban J connectivity index is 1.29. The zero-order chi connectivity index (χ0) is 20.7. The Kier molecular flexibility index (Phi) is 5.24. The van der Waals surface area contributed by atoms with Crippen molar-refractivity contribution in [2.75, 3.05) is 13.1 Å². The Bertz CT molecular complexity index is 1070. The molecule has 5 rings (SSSR count). The number of piperidine rings is 1. The van der Waals surface area contributed by atoms with Crippen LogP contribution in [-0.4, -0.2) is 28.9 Å². The van der Waals surface area contributed by atoms with Crippen LogP contribution in [0.15, 0.2) is 54.7 Å².